The normalized spacial score (nSPS) is 32.7. The molecule has 2 unspecified atom stereocenters. The van der Waals surface area contributed by atoms with Crippen molar-refractivity contribution in [1.82, 2.24) is 20.4 Å². The Morgan fingerprint density at radius 1 is 1.10 bits per heavy atom. The molecule has 68 heavy (non-hydrogen) atoms. The monoisotopic (exact) mass is 987 g/mol. The van der Waals surface area contributed by atoms with Gasteiger partial charge in [0.05, 0.1) is 30.6 Å². The Morgan fingerprint density at radius 2 is 1.81 bits per heavy atom. The summed E-state index contributed by atoms with van der Waals surface area (Å²) in [7, 11) is 7.52. The van der Waals surface area contributed by atoms with E-state index in [2.05, 4.69) is 10.6 Å². The van der Waals surface area contributed by atoms with Crippen molar-refractivity contribution in [3.05, 3.63) is 46.5 Å². The van der Waals surface area contributed by atoms with Crippen LogP contribution in [0.2, 0.25) is 5.02 Å². The van der Waals surface area contributed by atoms with Crippen molar-refractivity contribution < 1.29 is 62.4 Å². The number of epoxide rings is 1. The summed E-state index contributed by atoms with van der Waals surface area (Å²) in [5.74, 6) is -2.17. The maximum Gasteiger partial charge on any atom is 0.409 e. The SMILES string of the molecule is CNC(=O)C1CCC(CN2C(=O)CC(SCCC(=O)N(C)[C@H](C)C(=O)O[C@H]3CC(=O)N(C)c4cc(cc(OC)c4Cl)C/C(C)=C/C=C/[C@@H](OC)[C@@]4(O)CC(OC(=O)N4)[C@@H](C)[C@@H]4O[C@]34C)C2=O)CC1. The third kappa shape index (κ3) is 11.7. The van der Waals surface area contributed by atoms with Crippen molar-refractivity contribution in [2.75, 3.05) is 52.6 Å². The molecule has 0 spiro atoms. The van der Waals surface area contributed by atoms with Gasteiger partial charge in [0.25, 0.3) is 0 Å². The second-order valence-electron chi connectivity index (χ2n) is 18.9. The highest BCUT2D eigenvalue weighted by atomic mass is 35.5. The van der Waals surface area contributed by atoms with E-state index in [9.17, 15) is 38.7 Å². The van der Waals surface area contributed by atoms with Crippen LogP contribution in [0.3, 0.4) is 0 Å². The first kappa shape index (κ1) is 52.7. The van der Waals surface area contributed by atoms with Crippen molar-refractivity contribution in [3.8, 4) is 5.75 Å². The fraction of sp³-hybridized carbons (Fsp3) is 0.646. The van der Waals surface area contributed by atoms with Gasteiger partial charge in [-0.05, 0) is 76.5 Å². The summed E-state index contributed by atoms with van der Waals surface area (Å²) in [5, 5.41) is 16.6. The largest absolute Gasteiger partial charge is 0.495 e. The summed E-state index contributed by atoms with van der Waals surface area (Å²) in [4.78, 5) is 97.2. The van der Waals surface area contributed by atoms with Crippen LogP contribution in [0, 0.1) is 17.8 Å². The predicted octanol–water partition coefficient (Wildman–Crippen LogP) is 4.32. The molecule has 4 aliphatic heterocycles. The number of anilines is 1. The first-order valence-electron chi connectivity index (χ1n) is 23.2. The van der Waals surface area contributed by atoms with Gasteiger partial charge in [0.2, 0.25) is 29.5 Å². The van der Waals surface area contributed by atoms with Gasteiger partial charge in [0, 0.05) is 71.6 Å². The van der Waals surface area contributed by atoms with Crippen molar-refractivity contribution in [2.45, 2.75) is 133 Å². The lowest BCUT2D eigenvalue weighted by atomic mass is 9.81. The molecule has 3 N–H and O–H groups in total. The Bertz CT molecular complexity index is 2180. The fourth-order valence-corrected chi connectivity index (χ4v) is 11.1. The van der Waals surface area contributed by atoms with E-state index < -0.39 is 76.8 Å². The molecule has 9 atom stereocenters. The van der Waals surface area contributed by atoms with Crippen LogP contribution in [0.1, 0.15) is 84.6 Å². The van der Waals surface area contributed by atoms with Crippen LogP contribution in [-0.4, -0.2) is 151 Å². The Hall–Kier alpha value is -4.69. The molecule has 1 aromatic carbocycles. The van der Waals surface area contributed by atoms with E-state index in [1.54, 1.807) is 52.2 Å². The number of nitrogens with zero attached hydrogens (tertiary/aromatic N) is 3. The van der Waals surface area contributed by atoms with Gasteiger partial charge in [-0.2, -0.15) is 0 Å². The highest BCUT2D eigenvalue weighted by molar-refractivity contribution is 8.00. The average molecular weight is 989 g/mol. The van der Waals surface area contributed by atoms with E-state index in [0.717, 1.165) is 24.0 Å². The number of imide groups is 1. The molecule has 4 bridgehead atoms. The second-order valence-corrected chi connectivity index (χ2v) is 20.6. The zero-order chi connectivity index (χ0) is 49.8. The molecule has 3 saturated heterocycles. The van der Waals surface area contributed by atoms with E-state index in [-0.39, 0.29) is 66.0 Å². The minimum atomic E-state index is -1.87. The van der Waals surface area contributed by atoms with E-state index in [1.807, 2.05) is 13.0 Å². The number of likely N-dealkylation sites (tertiary alicyclic amines) is 1. The van der Waals surface area contributed by atoms with Crippen molar-refractivity contribution in [3.63, 3.8) is 0 Å². The number of hydrogen-bond acceptors (Lipinski definition) is 14. The third-order valence-electron chi connectivity index (χ3n) is 14.3. The number of carbonyl (C=O) groups excluding carboxylic acids is 7. The molecule has 1 saturated carbocycles. The Labute approximate surface area is 407 Å². The maximum atomic E-state index is 14.3. The molecule has 0 aromatic heterocycles. The molecule has 374 valence electrons. The molecular formula is C48H66ClN5O13S. The predicted molar refractivity (Wildman–Crippen MR) is 253 cm³/mol. The summed E-state index contributed by atoms with van der Waals surface area (Å²) in [6.07, 6.45) is 3.39. The molecule has 5 aliphatic rings. The summed E-state index contributed by atoms with van der Waals surface area (Å²) >= 11 is 8.03. The molecule has 6 rings (SSSR count). The standard InChI is InChI=1S/C48H66ClN5O13S/c1-26-11-10-12-36(64-9)48(62)24-34(65-46(61)51-48)27(2)42-47(4,67-42)37(23-39(56)53(7)32-20-30(19-26)21-33(63-8)41(32)49)66-45(60)28(3)52(6)38(55)17-18-68-35-22-40(57)54(44(35)59)25-29-13-15-31(16-14-29)43(58)50-5/h10-12,20-21,27-29,31,34-37,42,62H,13-19,22-25H2,1-9H3,(H,50,58)(H,51,61)/b12-10+,26-11+/t27-,28-,29?,31?,34?,35?,36-,37+,42+,47-,48+/m1/s1. The van der Waals surface area contributed by atoms with Crippen LogP contribution in [-0.2, 0) is 54.1 Å². The minimum Gasteiger partial charge on any atom is -0.495 e. The molecule has 4 heterocycles. The number of alkyl carbamates (subject to hydrolysis) is 1. The number of amides is 6. The van der Waals surface area contributed by atoms with E-state index >= 15 is 0 Å². The summed E-state index contributed by atoms with van der Waals surface area (Å²) in [6.45, 7) is 7.19. The quantitative estimate of drug-likeness (QED) is 0.151. The Kier molecular flexibility index (Phi) is 17.0. The van der Waals surface area contributed by atoms with E-state index in [0.29, 0.717) is 37.2 Å². The molecule has 1 aliphatic carbocycles. The fourth-order valence-electron chi connectivity index (χ4n) is 9.73. The molecule has 1 aromatic rings. The Balaban J connectivity index is 1.15. The lowest BCUT2D eigenvalue weighted by Gasteiger charge is -2.42. The van der Waals surface area contributed by atoms with E-state index in [4.69, 9.17) is 35.3 Å². The van der Waals surface area contributed by atoms with Gasteiger partial charge < -0.3 is 43.9 Å². The van der Waals surface area contributed by atoms with Crippen molar-refractivity contribution >= 4 is 70.6 Å². The summed E-state index contributed by atoms with van der Waals surface area (Å²) in [5.41, 5.74) is -1.14. The average Bonchev–Trinajstić information content (AvgIpc) is 3.94. The molecule has 4 fully saturated rings. The molecule has 0 radical (unpaired) electrons. The topological polar surface area (TPSA) is 223 Å². The smallest absolute Gasteiger partial charge is 0.409 e. The number of methoxy groups -OCH3 is 2. The molecular weight excluding hydrogens is 922 g/mol. The Morgan fingerprint density at radius 3 is 2.47 bits per heavy atom. The number of ether oxygens (including phenoxy) is 5. The van der Waals surface area contributed by atoms with Crippen LogP contribution >= 0.6 is 23.4 Å². The number of likely N-dealkylation sites (N-methyl/N-ethyl adjacent to an activating group) is 1. The number of rotatable bonds is 12. The number of esters is 1. The van der Waals surface area contributed by atoms with Crippen molar-refractivity contribution in [2.24, 2.45) is 17.8 Å². The molecule has 18 nitrogen and oxygen atoms in total. The van der Waals surface area contributed by atoms with Crippen LogP contribution in [0.4, 0.5) is 10.5 Å². The van der Waals surface area contributed by atoms with Gasteiger partial charge in [-0.15, -0.1) is 11.8 Å². The molecule has 6 amide bonds. The highest BCUT2D eigenvalue weighted by Crippen LogP contribution is 2.49. The lowest BCUT2D eigenvalue weighted by molar-refractivity contribution is -0.162. The maximum absolute atomic E-state index is 14.3. The van der Waals surface area contributed by atoms with Gasteiger partial charge in [-0.25, -0.2) is 9.59 Å². The summed E-state index contributed by atoms with van der Waals surface area (Å²) < 4.78 is 29.4. The third-order valence-corrected chi connectivity index (χ3v) is 15.9. The van der Waals surface area contributed by atoms with Crippen LogP contribution in [0.25, 0.3) is 0 Å². The van der Waals surface area contributed by atoms with E-state index in [1.165, 1.54) is 54.7 Å². The van der Waals surface area contributed by atoms with Gasteiger partial charge in [0.15, 0.2) is 5.72 Å². The highest BCUT2D eigenvalue weighted by Gasteiger charge is 2.64. The lowest BCUT2D eigenvalue weighted by Crippen LogP contribution is -2.63. The number of nitrogens with one attached hydrogen (secondary N) is 2. The number of aliphatic hydroxyl groups is 1. The zero-order valence-corrected chi connectivity index (χ0v) is 41.9. The second kappa shape index (κ2) is 21.9. The van der Waals surface area contributed by atoms with Gasteiger partial charge in [-0.1, -0.05) is 42.3 Å². The van der Waals surface area contributed by atoms with Crippen LogP contribution in [0.15, 0.2) is 35.9 Å². The number of hydrogen-bond donors (Lipinski definition) is 3. The van der Waals surface area contributed by atoms with Gasteiger partial charge in [0.1, 0.15) is 40.7 Å². The summed E-state index contributed by atoms with van der Waals surface area (Å²) in [6, 6.07) is 2.43. The molecule has 20 heteroatoms. The number of halogens is 1. The van der Waals surface area contributed by atoms with Crippen molar-refractivity contribution in [1.29, 1.82) is 0 Å². The first-order chi connectivity index (χ1) is 32.1. The number of benzene rings is 1. The van der Waals surface area contributed by atoms with Crippen LogP contribution in [0.5, 0.6) is 5.75 Å². The number of thioether (sulfide) groups is 1. The number of carbonyl (C=O) groups is 7. The van der Waals surface area contributed by atoms with Gasteiger partial charge in [-0.3, -0.25) is 34.2 Å². The minimum absolute atomic E-state index is 0.0137. The number of allylic oxidation sites excluding steroid dienone is 3. The zero-order valence-electron chi connectivity index (χ0n) is 40.3. The van der Waals surface area contributed by atoms with Gasteiger partial charge >= 0.3 is 12.1 Å². The van der Waals surface area contributed by atoms with Crippen LogP contribution < -0.4 is 20.3 Å². The number of fused-ring (bicyclic) bond motifs is 5. The first-order valence-corrected chi connectivity index (χ1v) is 24.6.